The number of unbranched alkanes of at least 4 members (excludes halogenated alkanes) is 1. The van der Waals surface area contributed by atoms with Gasteiger partial charge < -0.3 is 4.90 Å². The van der Waals surface area contributed by atoms with Crippen molar-refractivity contribution < 1.29 is 9.18 Å². The van der Waals surface area contributed by atoms with E-state index in [1.165, 1.54) is 33.9 Å². The Labute approximate surface area is 156 Å². The van der Waals surface area contributed by atoms with Gasteiger partial charge in [0.05, 0.1) is 18.2 Å². The molecule has 3 aromatic rings. The highest BCUT2D eigenvalue weighted by Gasteiger charge is 2.13. The number of nitrogens with zero attached hydrogens (tertiary/aromatic N) is 5. The predicted octanol–water partition coefficient (Wildman–Crippen LogP) is 2.37. The number of carbonyl (C=O) groups excluding carboxylic acids is 1. The average molecular weight is 371 g/mol. The van der Waals surface area contributed by atoms with Gasteiger partial charge in [-0.15, -0.1) is 0 Å². The number of hydrogen-bond acceptors (Lipinski definition) is 4. The first-order chi connectivity index (χ1) is 13.0. The molecule has 27 heavy (non-hydrogen) atoms. The van der Waals surface area contributed by atoms with Crippen LogP contribution in [0.1, 0.15) is 26.2 Å². The molecular formula is C19H22FN5O2. The van der Waals surface area contributed by atoms with E-state index in [0.29, 0.717) is 23.3 Å². The largest absolute Gasteiger partial charge is 0.346 e. The van der Waals surface area contributed by atoms with Gasteiger partial charge >= 0.3 is 0 Å². The summed E-state index contributed by atoms with van der Waals surface area (Å²) in [6, 6.07) is 5.79. The van der Waals surface area contributed by atoms with Crippen molar-refractivity contribution in [2.45, 2.75) is 32.7 Å². The molecule has 0 bridgehead atoms. The van der Waals surface area contributed by atoms with E-state index in [0.717, 1.165) is 12.8 Å². The van der Waals surface area contributed by atoms with Crippen LogP contribution in [0.3, 0.4) is 0 Å². The number of hydrogen-bond donors (Lipinski definition) is 0. The van der Waals surface area contributed by atoms with E-state index < -0.39 is 0 Å². The van der Waals surface area contributed by atoms with E-state index in [9.17, 15) is 14.0 Å². The Balaban J connectivity index is 1.79. The van der Waals surface area contributed by atoms with Gasteiger partial charge in [0.2, 0.25) is 5.91 Å². The molecule has 7 nitrogen and oxygen atoms in total. The molecule has 1 amide bonds. The molecule has 0 atom stereocenters. The number of benzene rings is 1. The molecule has 2 aromatic heterocycles. The quantitative estimate of drug-likeness (QED) is 0.639. The Morgan fingerprint density at radius 1 is 1.26 bits per heavy atom. The molecule has 8 heteroatoms. The zero-order valence-corrected chi connectivity index (χ0v) is 15.4. The van der Waals surface area contributed by atoms with Crippen LogP contribution < -0.4 is 5.56 Å². The fourth-order valence-corrected chi connectivity index (χ4v) is 2.81. The van der Waals surface area contributed by atoms with Crippen molar-refractivity contribution in [1.29, 1.82) is 0 Å². The molecule has 0 saturated carbocycles. The smallest absolute Gasteiger partial charge is 0.264 e. The molecule has 142 valence electrons. The maximum Gasteiger partial charge on any atom is 0.264 e. The lowest BCUT2D eigenvalue weighted by atomic mass is 10.3. The van der Waals surface area contributed by atoms with Crippen molar-refractivity contribution >= 4 is 16.9 Å². The van der Waals surface area contributed by atoms with Crippen molar-refractivity contribution in [2.24, 2.45) is 0 Å². The van der Waals surface area contributed by atoms with Gasteiger partial charge in [-0.05, 0) is 30.7 Å². The third-order valence-electron chi connectivity index (χ3n) is 4.47. The van der Waals surface area contributed by atoms with Crippen molar-refractivity contribution in [2.75, 3.05) is 13.6 Å². The minimum Gasteiger partial charge on any atom is -0.346 e. The third-order valence-corrected chi connectivity index (χ3v) is 4.47. The van der Waals surface area contributed by atoms with Crippen LogP contribution in [0.15, 0.2) is 41.6 Å². The molecule has 0 unspecified atom stereocenters. The number of rotatable bonds is 7. The number of fused-ring (bicyclic) bond motifs is 1. The van der Waals surface area contributed by atoms with E-state index in [2.05, 4.69) is 17.0 Å². The van der Waals surface area contributed by atoms with Crippen LogP contribution in [-0.4, -0.2) is 43.7 Å². The number of aryl methyl sites for hydroxylation is 1. The van der Waals surface area contributed by atoms with Gasteiger partial charge in [0.1, 0.15) is 11.2 Å². The Kier molecular flexibility index (Phi) is 5.63. The van der Waals surface area contributed by atoms with E-state index in [1.807, 2.05) is 0 Å². The second-order valence-electron chi connectivity index (χ2n) is 6.43. The number of aromatic nitrogens is 4. The fraction of sp³-hybridized carbons (Fsp3) is 0.368. The SMILES string of the molecule is CCCCN(C)C(=O)CCn1cnc2c(cnn2-c2ccc(F)cc2)c1=O. The minimum atomic E-state index is -0.348. The molecule has 0 spiro atoms. The van der Waals surface area contributed by atoms with Gasteiger partial charge in [-0.1, -0.05) is 13.3 Å². The first kappa shape index (κ1) is 18.8. The fourth-order valence-electron chi connectivity index (χ4n) is 2.81. The van der Waals surface area contributed by atoms with Crippen LogP contribution in [0.2, 0.25) is 0 Å². The van der Waals surface area contributed by atoms with Crippen LogP contribution in [0.5, 0.6) is 0 Å². The van der Waals surface area contributed by atoms with Crippen LogP contribution in [0.25, 0.3) is 16.7 Å². The summed E-state index contributed by atoms with van der Waals surface area (Å²) in [5.74, 6) is -0.350. The minimum absolute atomic E-state index is 0.00236. The summed E-state index contributed by atoms with van der Waals surface area (Å²) < 4.78 is 16.0. The summed E-state index contributed by atoms with van der Waals surface area (Å²) in [7, 11) is 1.77. The Morgan fingerprint density at radius 2 is 2.00 bits per heavy atom. The molecule has 3 rings (SSSR count). The van der Waals surface area contributed by atoms with Gasteiger partial charge in [0.25, 0.3) is 5.56 Å². The van der Waals surface area contributed by atoms with Gasteiger partial charge in [0.15, 0.2) is 5.65 Å². The van der Waals surface area contributed by atoms with Crippen molar-refractivity contribution in [3.05, 3.63) is 53.0 Å². The second-order valence-corrected chi connectivity index (χ2v) is 6.43. The first-order valence-electron chi connectivity index (χ1n) is 8.94. The lowest BCUT2D eigenvalue weighted by Crippen LogP contribution is -2.30. The standard InChI is InChI=1S/C19H22FN5O2/c1-3-4-10-23(2)17(26)9-11-24-13-21-18-16(19(24)27)12-22-25(18)15-7-5-14(20)6-8-15/h5-8,12-13H,3-4,9-11H2,1-2H3. The molecule has 0 N–H and O–H groups in total. The zero-order chi connectivity index (χ0) is 19.4. The molecule has 0 aliphatic heterocycles. The highest BCUT2D eigenvalue weighted by molar-refractivity contribution is 5.76. The first-order valence-corrected chi connectivity index (χ1v) is 8.94. The molecule has 0 saturated heterocycles. The lowest BCUT2D eigenvalue weighted by Gasteiger charge is -2.16. The molecule has 0 aliphatic carbocycles. The van der Waals surface area contributed by atoms with E-state index >= 15 is 0 Å². The van der Waals surface area contributed by atoms with E-state index in [4.69, 9.17) is 0 Å². The zero-order valence-electron chi connectivity index (χ0n) is 15.4. The van der Waals surface area contributed by atoms with Gasteiger partial charge in [-0.3, -0.25) is 14.2 Å². The van der Waals surface area contributed by atoms with Crippen LogP contribution in [-0.2, 0) is 11.3 Å². The number of amides is 1. The summed E-state index contributed by atoms with van der Waals surface area (Å²) in [6.07, 6.45) is 5.08. The Morgan fingerprint density at radius 3 is 2.70 bits per heavy atom. The number of halogens is 1. The van der Waals surface area contributed by atoms with Gasteiger partial charge in [-0.25, -0.2) is 14.1 Å². The third kappa shape index (κ3) is 4.05. The Bertz CT molecular complexity index is 993. The van der Waals surface area contributed by atoms with Crippen molar-refractivity contribution in [3.8, 4) is 5.69 Å². The molecule has 0 aliphatic rings. The lowest BCUT2D eigenvalue weighted by molar-refractivity contribution is -0.130. The molecule has 0 radical (unpaired) electrons. The second kappa shape index (κ2) is 8.11. The normalized spacial score (nSPS) is 11.1. The summed E-state index contributed by atoms with van der Waals surface area (Å²) in [6.45, 7) is 3.05. The van der Waals surface area contributed by atoms with Crippen LogP contribution >= 0.6 is 0 Å². The summed E-state index contributed by atoms with van der Waals surface area (Å²) >= 11 is 0. The average Bonchev–Trinajstić information content (AvgIpc) is 3.10. The topological polar surface area (TPSA) is 73.0 Å². The Hall–Kier alpha value is -3.03. The van der Waals surface area contributed by atoms with E-state index in [1.54, 1.807) is 24.1 Å². The summed E-state index contributed by atoms with van der Waals surface area (Å²) in [5.41, 5.74) is 0.760. The van der Waals surface area contributed by atoms with Gasteiger partial charge in [0, 0.05) is 26.6 Å². The molecular weight excluding hydrogens is 349 g/mol. The van der Waals surface area contributed by atoms with Crippen LogP contribution in [0.4, 0.5) is 4.39 Å². The molecule has 2 heterocycles. The van der Waals surface area contributed by atoms with Crippen molar-refractivity contribution in [1.82, 2.24) is 24.2 Å². The molecule has 1 aromatic carbocycles. The number of carbonyl (C=O) groups is 1. The molecule has 0 fully saturated rings. The van der Waals surface area contributed by atoms with Crippen molar-refractivity contribution in [3.63, 3.8) is 0 Å². The van der Waals surface area contributed by atoms with Crippen LogP contribution in [0, 0.1) is 5.82 Å². The van der Waals surface area contributed by atoms with E-state index in [-0.39, 0.29) is 30.2 Å². The highest BCUT2D eigenvalue weighted by atomic mass is 19.1. The monoisotopic (exact) mass is 371 g/mol. The van der Waals surface area contributed by atoms with Gasteiger partial charge in [-0.2, -0.15) is 5.10 Å². The summed E-state index contributed by atoms with van der Waals surface area (Å²) in [4.78, 5) is 30.8. The maximum absolute atomic E-state index is 13.1. The highest BCUT2D eigenvalue weighted by Crippen LogP contribution is 2.14. The predicted molar refractivity (Wildman–Crippen MR) is 100 cm³/mol. The maximum atomic E-state index is 13.1. The summed E-state index contributed by atoms with van der Waals surface area (Å²) in [5, 5.41) is 4.55.